The summed E-state index contributed by atoms with van der Waals surface area (Å²) in [4.78, 5) is 12.5. The van der Waals surface area contributed by atoms with E-state index in [1.54, 1.807) is 42.5 Å². The van der Waals surface area contributed by atoms with Gasteiger partial charge in [0.25, 0.3) is 5.91 Å². The van der Waals surface area contributed by atoms with E-state index in [1.165, 1.54) is 24.3 Å². The van der Waals surface area contributed by atoms with Crippen LogP contribution in [0, 0.1) is 0 Å². The molecule has 3 aromatic rings. The highest BCUT2D eigenvalue weighted by atomic mass is 32.2. The standard InChI is InChI=1S/C19H17NO5S/c1-2-24-16-11-7-6-10-15(16)20-19(21)17-12-13-18(25-17)26(22,23)14-8-4-3-5-9-14/h3-13H,2H2,1H3,(H,20,21). The maximum atomic E-state index is 12.5. The lowest BCUT2D eigenvalue weighted by atomic mass is 10.3. The fourth-order valence-electron chi connectivity index (χ4n) is 2.34. The second kappa shape index (κ2) is 7.45. The lowest BCUT2D eigenvalue weighted by Crippen LogP contribution is -2.12. The van der Waals surface area contributed by atoms with Gasteiger partial charge < -0.3 is 14.5 Å². The summed E-state index contributed by atoms with van der Waals surface area (Å²) in [5.41, 5.74) is 0.475. The quantitative estimate of drug-likeness (QED) is 0.713. The molecule has 1 amide bonds. The molecule has 7 heteroatoms. The Morgan fingerprint density at radius 2 is 1.69 bits per heavy atom. The van der Waals surface area contributed by atoms with Crippen LogP contribution in [0.5, 0.6) is 5.75 Å². The van der Waals surface area contributed by atoms with Crippen LogP contribution >= 0.6 is 0 Å². The number of hydrogen-bond donors (Lipinski definition) is 1. The molecule has 1 heterocycles. The molecule has 0 aliphatic rings. The molecule has 0 unspecified atom stereocenters. The van der Waals surface area contributed by atoms with Gasteiger partial charge in [-0.3, -0.25) is 4.79 Å². The summed E-state index contributed by atoms with van der Waals surface area (Å²) < 4.78 is 35.8. The van der Waals surface area contributed by atoms with Crippen molar-refractivity contribution >= 4 is 21.4 Å². The Labute approximate surface area is 151 Å². The summed E-state index contributed by atoms with van der Waals surface area (Å²) in [6.07, 6.45) is 0. The highest BCUT2D eigenvalue weighted by Gasteiger charge is 2.23. The Bertz CT molecular complexity index is 1010. The molecule has 26 heavy (non-hydrogen) atoms. The van der Waals surface area contributed by atoms with Gasteiger partial charge in [0.2, 0.25) is 14.9 Å². The lowest BCUT2D eigenvalue weighted by molar-refractivity contribution is 0.0991. The zero-order valence-electron chi connectivity index (χ0n) is 14.0. The molecule has 2 aromatic carbocycles. The summed E-state index contributed by atoms with van der Waals surface area (Å²) in [6, 6.07) is 17.5. The monoisotopic (exact) mass is 371 g/mol. The molecule has 0 saturated heterocycles. The molecule has 0 radical (unpaired) electrons. The fraction of sp³-hybridized carbons (Fsp3) is 0.105. The van der Waals surface area contributed by atoms with Gasteiger partial charge in [-0.25, -0.2) is 8.42 Å². The molecule has 0 atom stereocenters. The molecular formula is C19H17NO5S. The summed E-state index contributed by atoms with van der Waals surface area (Å²) >= 11 is 0. The highest BCUT2D eigenvalue weighted by molar-refractivity contribution is 7.91. The van der Waals surface area contributed by atoms with Crippen molar-refractivity contribution in [2.45, 2.75) is 16.9 Å². The zero-order chi connectivity index (χ0) is 18.6. The maximum absolute atomic E-state index is 12.5. The van der Waals surface area contributed by atoms with Gasteiger partial charge in [0.1, 0.15) is 5.75 Å². The van der Waals surface area contributed by atoms with E-state index in [-0.39, 0.29) is 15.7 Å². The first-order valence-corrected chi connectivity index (χ1v) is 9.44. The number of benzene rings is 2. The van der Waals surface area contributed by atoms with Crippen molar-refractivity contribution in [1.29, 1.82) is 0 Å². The van der Waals surface area contributed by atoms with Crippen molar-refractivity contribution in [3.05, 3.63) is 72.5 Å². The van der Waals surface area contributed by atoms with E-state index in [9.17, 15) is 13.2 Å². The minimum absolute atomic E-state index is 0.1000. The summed E-state index contributed by atoms with van der Waals surface area (Å²) in [5.74, 6) is -0.149. The number of ether oxygens (including phenoxy) is 1. The third kappa shape index (κ3) is 3.62. The van der Waals surface area contributed by atoms with Crippen LogP contribution in [-0.4, -0.2) is 20.9 Å². The molecular weight excluding hydrogens is 354 g/mol. The van der Waals surface area contributed by atoms with Gasteiger partial charge in [0.05, 0.1) is 17.2 Å². The van der Waals surface area contributed by atoms with Gasteiger partial charge >= 0.3 is 0 Å². The average Bonchev–Trinajstić information content (AvgIpc) is 3.15. The van der Waals surface area contributed by atoms with Gasteiger partial charge in [-0.2, -0.15) is 0 Å². The number of carbonyl (C=O) groups is 1. The van der Waals surface area contributed by atoms with E-state index in [1.807, 2.05) is 6.92 Å². The number of sulfone groups is 1. The van der Waals surface area contributed by atoms with Crippen molar-refractivity contribution in [2.24, 2.45) is 0 Å². The van der Waals surface area contributed by atoms with E-state index in [0.717, 1.165) is 0 Å². The average molecular weight is 371 g/mol. The maximum Gasteiger partial charge on any atom is 0.291 e. The minimum Gasteiger partial charge on any atom is -0.492 e. The molecule has 0 saturated carbocycles. The molecule has 1 N–H and O–H groups in total. The predicted molar refractivity (Wildman–Crippen MR) is 96.2 cm³/mol. The van der Waals surface area contributed by atoms with E-state index in [4.69, 9.17) is 9.15 Å². The topological polar surface area (TPSA) is 85.6 Å². The third-order valence-electron chi connectivity index (χ3n) is 3.56. The molecule has 134 valence electrons. The molecule has 0 aliphatic heterocycles. The number of nitrogens with one attached hydrogen (secondary N) is 1. The van der Waals surface area contributed by atoms with Gasteiger partial charge in [0, 0.05) is 0 Å². The van der Waals surface area contributed by atoms with E-state index >= 15 is 0 Å². The molecule has 0 aliphatic carbocycles. The number of para-hydroxylation sites is 2. The smallest absolute Gasteiger partial charge is 0.291 e. The van der Waals surface area contributed by atoms with E-state index in [0.29, 0.717) is 18.0 Å². The molecule has 0 bridgehead atoms. The predicted octanol–water partition coefficient (Wildman–Crippen LogP) is 3.76. The van der Waals surface area contributed by atoms with Crippen LogP contribution < -0.4 is 10.1 Å². The molecule has 6 nitrogen and oxygen atoms in total. The fourth-order valence-corrected chi connectivity index (χ4v) is 3.53. The van der Waals surface area contributed by atoms with Crippen LogP contribution in [0.1, 0.15) is 17.5 Å². The largest absolute Gasteiger partial charge is 0.492 e. The Morgan fingerprint density at radius 1 is 1.00 bits per heavy atom. The number of rotatable bonds is 6. The molecule has 1 aromatic heterocycles. The number of amides is 1. The second-order valence-corrected chi connectivity index (χ2v) is 7.20. The second-order valence-electron chi connectivity index (χ2n) is 5.32. The number of anilines is 1. The SMILES string of the molecule is CCOc1ccccc1NC(=O)c1ccc(S(=O)(=O)c2ccccc2)o1. The Hall–Kier alpha value is -3.06. The highest BCUT2D eigenvalue weighted by Crippen LogP contribution is 2.26. The third-order valence-corrected chi connectivity index (χ3v) is 5.20. The first-order chi connectivity index (χ1) is 12.5. The van der Waals surface area contributed by atoms with Crippen LogP contribution in [0.4, 0.5) is 5.69 Å². The Balaban J connectivity index is 1.83. The summed E-state index contributed by atoms with van der Waals surface area (Å²) in [7, 11) is -3.81. The Kier molecular flexibility index (Phi) is 5.09. The summed E-state index contributed by atoms with van der Waals surface area (Å²) in [6.45, 7) is 2.29. The molecule has 0 fully saturated rings. The van der Waals surface area contributed by atoms with Crippen molar-refractivity contribution in [3.63, 3.8) is 0 Å². The van der Waals surface area contributed by atoms with E-state index < -0.39 is 15.7 Å². The Morgan fingerprint density at radius 3 is 2.42 bits per heavy atom. The minimum atomic E-state index is -3.81. The van der Waals surface area contributed by atoms with Gasteiger partial charge in [-0.15, -0.1) is 0 Å². The lowest BCUT2D eigenvalue weighted by Gasteiger charge is -2.10. The van der Waals surface area contributed by atoms with Crippen LogP contribution in [0.25, 0.3) is 0 Å². The van der Waals surface area contributed by atoms with Crippen molar-refractivity contribution < 1.29 is 22.4 Å². The van der Waals surface area contributed by atoms with Crippen molar-refractivity contribution in [2.75, 3.05) is 11.9 Å². The molecule has 3 rings (SSSR count). The van der Waals surface area contributed by atoms with Crippen LogP contribution in [0.3, 0.4) is 0 Å². The van der Waals surface area contributed by atoms with Gasteiger partial charge in [0.15, 0.2) is 5.76 Å². The van der Waals surface area contributed by atoms with Gasteiger partial charge in [-0.05, 0) is 43.3 Å². The number of carbonyl (C=O) groups excluding carboxylic acids is 1. The van der Waals surface area contributed by atoms with Crippen LogP contribution in [0.15, 0.2) is 81.1 Å². The normalized spacial score (nSPS) is 11.1. The van der Waals surface area contributed by atoms with Gasteiger partial charge in [-0.1, -0.05) is 30.3 Å². The first-order valence-electron chi connectivity index (χ1n) is 7.95. The summed E-state index contributed by atoms with van der Waals surface area (Å²) in [5, 5.41) is 2.38. The number of hydrogen-bond acceptors (Lipinski definition) is 5. The van der Waals surface area contributed by atoms with Crippen molar-refractivity contribution in [1.82, 2.24) is 0 Å². The van der Waals surface area contributed by atoms with Crippen molar-refractivity contribution in [3.8, 4) is 5.75 Å². The zero-order valence-corrected chi connectivity index (χ0v) is 14.8. The van der Waals surface area contributed by atoms with Crippen LogP contribution in [0.2, 0.25) is 0 Å². The molecule has 0 spiro atoms. The van der Waals surface area contributed by atoms with E-state index in [2.05, 4.69) is 5.32 Å². The first kappa shape index (κ1) is 17.8. The van der Waals surface area contributed by atoms with Crippen LogP contribution in [-0.2, 0) is 9.84 Å². The number of furan rings is 1.